The summed E-state index contributed by atoms with van der Waals surface area (Å²) in [4.78, 5) is 28.3. The van der Waals surface area contributed by atoms with Crippen molar-refractivity contribution in [3.63, 3.8) is 0 Å². The number of aromatic amines is 1. The maximum absolute atomic E-state index is 12.6. The number of carbonyl (C=O) groups excluding carboxylic acids is 2. The molecule has 1 aromatic heterocycles. The number of benzene rings is 2. The van der Waals surface area contributed by atoms with Crippen molar-refractivity contribution in [2.45, 2.75) is 38.7 Å². The molecular formula is C22H21ClN2O3. The predicted molar refractivity (Wildman–Crippen MR) is 110 cm³/mol. The highest BCUT2D eigenvalue weighted by molar-refractivity contribution is 6.30. The summed E-state index contributed by atoms with van der Waals surface area (Å²) >= 11 is 5.92. The van der Waals surface area contributed by atoms with Gasteiger partial charge >= 0.3 is 5.97 Å². The van der Waals surface area contributed by atoms with Crippen LogP contribution in [0.1, 0.15) is 41.4 Å². The second-order valence-corrected chi connectivity index (χ2v) is 7.53. The lowest BCUT2D eigenvalue weighted by molar-refractivity contribution is -0.123. The Balaban J connectivity index is 1.47. The first-order valence-corrected chi connectivity index (χ1v) is 9.80. The molecule has 1 aliphatic rings. The zero-order chi connectivity index (χ0) is 19.7. The molecule has 1 unspecified atom stereocenters. The molecule has 1 heterocycles. The van der Waals surface area contributed by atoms with Crippen LogP contribution in [0.15, 0.2) is 42.5 Å². The Morgan fingerprint density at radius 2 is 1.96 bits per heavy atom. The van der Waals surface area contributed by atoms with Crippen molar-refractivity contribution < 1.29 is 14.3 Å². The molecule has 2 aromatic carbocycles. The van der Waals surface area contributed by atoms with Gasteiger partial charge < -0.3 is 15.0 Å². The minimum absolute atomic E-state index is 0.407. The molecular weight excluding hydrogens is 376 g/mol. The van der Waals surface area contributed by atoms with Crippen LogP contribution < -0.4 is 5.32 Å². The van der Waals surface area contributed by atoms with E-state index in [0.717, 1.165) is 30.2 Å². The number of nitrogens with one attached hydrogen (secondary N) is 2. The van der Waals surface area contributed by atoms with Crippen molar-refractivity contribution in [1.29, 1.82) is 0 Å². The SMILES string of the molecule is CC(OC(=O)c1ccc2[nH]c3c(c2c1)CCCC3)C(=O)Nc1cccc(Cl)c1. The lowest BCUT2D eigenvalue weighted by Gasteiger charge is -2.14. The van der Waals surface area contributed by atoms with E-state index in [1.807, 2.05) is 12.1 Å². The number of aryl methyl sites for hydroxylation is 2. The van der Waals surface area contributed by atoms with Crippen molar-refractivity contribution in [3.8, 4) is 0 Å². The number of H-pyrrole nitrogens is 1. The van der Waals surface area contributed by atoms with Crippen LogP contribution >= 0.6 is 11.6 Å². The number of rotatable bonds is 4. The van der Waals surface area contributed by atoms with Crippen molar-refractivity contribution in [1.82, 2.24) is 4.98 Å². The van der Waals surface area contributed by atoms with E-state index in [9.17, 15) is 9.59 Å². The van der Waals surface area contributed by atoms with Gasteiger partial charge in [-0.15, -0.1) is 0 Å². The van der Waals surface area contributed by atoms with E-state index < -0.39 is 18.0 Å². The number of aromatic nitrogens is 1. The first-order valence-electron chi connectivity index (χ1n) is 9.42. The highest BCUT2D eigenvalue weighted by Crippen LogP contribution is 2.30. The largest absolute Gasteiger partial charge is 0.449 e. The molecule has 3 aromatic rings. The Bertz CT molecular complexity index is 1060. The van der Waals surface area contributed by atoms with Crippen molar-refractivity contribution in [3.05, 3.63) is 64.3 Å². The number of esters is 1. The third kappa shape index (κ3) is 3.76. The summed E-state index contributed by atoms with van der Waals surface area (Å²) in [6.07, 6.45) is 3.49. The van der Waals surface area contributed by atoms with Crippen LogP contribution in [0.2, 0.25) is 5.02 Å². The summed E-state index contributed by atoms with van der Waals surface area (Å²) in [5, 5.41) is 4.29. The molecule has 0 saturated heterocycles. The molecule has 0 fully saturated rings. The average Bonchev–Trinajstić information content (AvgIpc) is 3.05. The van der Waals surface area contributed by atoms with Gasteiger partial charge in [0.25, 0.3) is 5.91 Å². The number of halogens is 1. The average molecular weight is 397 g/mol. The van der Waals surface area contributed by atoms with E-state index in [4.69, 9.17) is 16.3 Å². The highest BCUT2D eigenvalue weighted by Gasteiger charge is 2.21. The number of hydrogen-bond acceptors (Lipinski definition) is 3. The molecule has 0 radical (unpaired) electrons. The fraction of sp³-hybridized carbons (Fsp3) is 0.273. The molecule has 144 valence electrons. The van der Waals surface area contributed by atoms with Gasteiger partial charge in [-0.1, -0.05) is 17.7 Å². The third-order valence-corrected chi connectivity index (χ3v) is 5.31. The van der Waals surface area contributed by atoms with Crippen LogP contribution in [0.5, 0.6) is 0 Å². The van der Waals surface area contributed by atoms with Crippen LogP contribution in [0, 0.1) is 0 Å². The predicted octanol–water partition coefficient (Wildman–Crippen LogP) is 4.88. The van der Waals surface area contributed by atoms with Gasteiger partial charge in [-0.05, 0) is 74.6 Å². The maximum atomic E-state index is 12.6. The molecule has 2 N–H and O–H groups in total. The monoisotopic (exact) mass is 396 g/mol. The molecule has 4 rings (SSSR count). The van der Waals surface area contributed by atoms with E-state index >= 15 is 0 Å². The Kier molecular flexibility index (Phi) is 5.09. The normalized spacial score (nSPS) is 14.4. The summed E-state index contributed by atoms with van der Waals surface area (Å²) in [6, 6.07) is 12.3. The highest BCUT2D eigenvalue weighted by atomic mass is 35.5. The lowest BCUT2D eigenvalue weighted by atomic mass is 9.95. The van der Waals surface area contributed by atoms with Crippen LogP contribution in [-0.2, 0) is 22.4 Å². The van der Waals surface area contributed by atoms with Crippen molar-refractivity contribution in [2.24, 2.45) is 0 Å². The summed E-state index contributed by atoms with van der Waals surface area (Å²) in [5.74, 6) is -0.919. The van der Waals surface area contributed by atoms with Gasteiger partial charge in [-0.3, -0.25) is 4.79 Å². The second kappa shape index (κ2) is 7.68. The third-order valence-electron chi connectivity index (χ3n) is 5.08. The number of carbonyl (C=O) groups is 2. The van der Waals surface area contributed by atoms with Crippen molar-refractivity contribution in [2.75, 3.05) is 5.32 Å². The lowest BCUT2D eigenvalue weighted by Crippen LogP contribution is -2.30. The zero-order valence-corrected chi connectivity index (χ0v) is 16.3. The molecule has 0 saturated carbocycles. The molecule has 1 atom stereocenters. The molecule has 1 amide bonds. The first-order chi connectivity index (χ1) is 13.5. The smallest absolute Gasteiger partial charge is 0.338 e. The fourth-order valence-electron chi connectivity index (χ4n) is 3.63. The first kappa shape index (κ1) is 18.6. The van der Waals surface area contributed by atoms with Crippen LogP contribution in [-0.4, -0.2) is 23.0 Å². The summed E-state index contributed by atoms with van der Waals surface area (Å²) < 4.78 is 5.38. The van der Waals surface area contributed by atoms with Gasteiger partial charge in [-0.25, -0.2) is 4.79 Å². The Labute approximate surface area is 168 Å². The molecule has 0 bridgehead atoms. The minimum atomic E-state index is -0.928. The molecule has 6 heteroatoms. The summed E-state index contributed by atoms with van der Waals surface area (Å²) in [5.41, 5.74) is 4.60. The van der Waals surface area contributed by atoms with Gasteiger partial charge in [0.2, 0.25) is 0 Å². The van der Waals surface area contributed by atoms with E-state index in [1.165, 1.54) is 17.7 Å². The minimum Gasteiger partial charge on any atom is -0.449 e. The number of hydrogen-bond donors (Lipinski definition) is 2. The van der Waals surface area contributed by atoms with E-state index in [0.29, 0.717) is 16.3 Å². The van der Waals surface area contributed by atoms with Crippen LogP contribution in [0.4, 0.5) is 5.69 Å². The standard InChI is InChI=1S/C22H21ClN2O3/c1-13(21(26)24-16-6-4-5-15(23)12-16)28-22(27)14-9-10-20-18(11-14)17-7-2-3-8-19(17)25-20/h4-6,9-13,25H,2-3,7-8H2,1H3,(H,24,26). The number of fused-ring (bicyclic) bond motifs is 3. The number of amides is 1. The number of ether oxygens (including phenoxy) is 1. The van der Waals surface area contributed by atoms with E-state index in [2.05, 4.69) is 10.3 Å². The van der Waals surface area contributed by atoms with Gasteiger partial charge in [0, 0.05) is 27.3 Å². The number of anilines is 1. The Morgan fingerprint density at radius 1 is 1.14 bits per heavy atom. The molecule has 28 heavy (non-hydrogen) atoms. The molecule has 5 nitrogen and oxygen atoms in total. The summed E-state index contributed by atoms with van der Waals surface area (Å²) in [7, 11) is 0. The fourth-order valence-corrected chi connectivity index (χ4v) is 3.82. The van der Waals surface area contributed by atoms with Gasteiger partial charge in [-0.2, -0.15) is 0 Å². The quantitative estimate of drug-likeness (QED) is 0.617. The maximum Gasteiger partial charge on any atom is 0.338 e. The summed E-state index contributed by atoms with van der Waals surface area (Å²) in [6.45, 7) is 1.55. The van der Waals surface area contributed by atoms with E-state index in [1.54, 1.807) is 37.3 Å². The Morgan fingerprint density at radius 3 is 2.79 bits per heavy atom. The van der Waals surface area contributed by atoms with Crippen LogP contribution in [0.3, 0.4) is 0 Å². The Hall–Kier alpha value is -2.79. The second-order valence-electron chi connectivity index (χ2n) is 7.10. The molecule has 0 aliphatic heterocycles. The van der Waals surface area contributed by atoms with Crippen LogP contribution in [0.25, 0.3) is 10.9 Å². The van der Waals surface area contributed by atoms with Gasteiger partial charge in [0.1, 0.15) is 0 Å². The van der Waals surface area contributed by atoms with E-state index in [-0.39, 0.29) is 0 Å². The topological polar surface area (TPSA) is 71.2 Å². The zero-order valence-electron chi connectivity index (χ0n) is 15.5. The molecule has 0 spiro atoms. The molecule has 1 aliphatic carbocycles. The van der Waals surface area contributed by atoms with Crippen molar-refractivity contribution >= 4 is 40.1 Å². The van der Waals surface area contributed by atoms with Gasteiger partial charge in [0.05, 0.1) is 5.56 Å². The van der Waals surface area contributed by atoms with Gasteiger partial charge in [0.15, 0.2) is 6.10 Å².